The van der Waals surface area contributed by atoms with Crippen molar-refractivity contribution < 1.29 is 9.59 Å². The molecule has 2 unspecified atom stereocenters. The molecule has 0 saturated carbocycles. The number of allylic oxidation sites excluding steroid dienone is 2. The summed E-state index contributed by atoms with van der Waals surface area (Å²) in [6, 6.07) is 0. The molecule has 3 heteroatoms. The van der Waals surface area contributed by atoms with Crippen LogP contribution in [-0.2, 0) is 0 Å². The monoisotopic (exact) mass is 295 g/mol. The number of rotatable bonds is 11. The Hall–Kier alpha value is -0.670. The molecule has 0 amide bonds. The fourth-order valence-electron chi connectivity index (χ4n) is 3.24. The highest BCUT2D eigenvalue weighted by molar-refractivity contribution is 5.76. The Labute approximate surface area is 131 Å². The molecule has 0 aromatic carbocycles. The van der Waals surface area contributed by atoms with Gasteiger partial charge in [-0.3, -0.25) is 4.48 Å². The Bertz CT molecular complexity index is 336. The van der Waals surface area contributed by atoms with Crippen molar-refractivity contribution in [1.29, 1.82) is 0 Å². The Balaban J connectivity index is 2.18. The molecule has 0 aromatic rings. The number of hydrogen-bond donors (Lipinski definition) is 1. The SMILES string of the molecule is CCC/C=C/CCCCCCC1=NCC[N+]1(CC)C(C)O. The lowest BCUT2D eigenvalue weighted by atomic mass is 10.1. The predicted molar refractivity (Wildman–Crippen MR) is 91.4 cm³/mol. The largest absolute Gasteiger partial charge is 0.345 e. The van der Waals surface area contributed by atoms with Crippen molar-refractivity contribution in [1.82, 2.24) is 0 Å². The van der Waals surface area contributed by atoms with E-state index in [2.05, 4.69) is 31.0 Å². The Morgan fingerprint density at radius 3 is 2.52 bits per heavy atom. The highest BCUT2D eigenvalue weighted by Gasteiger charge is 2.40. The van der Waals surface area contributed by atoms with Crippen LogP contribution >= 0.6 is 0 Å². The van der Waals surface area contributed by atoms with E-state index in [1.807, 2.05) is 6.92 Å². The summed E-state index contributed by atoms with van der Waals surface area (Å²) in [5.74, 6) is 1.23. The van der Waals surface area contributed by atoms with Crippen molar-refractivity contribution in [3.63, 3.8) is 0 Å². The van der Waals surface area contributed by atoms with Gasteiger partial charge in [-0.25, -0.2) is 4.99 Å². The molecular weight excluding hydrogens is 260 g/mol. The highest BCUT2D eigenvalue weighted by atomic mass is 16.3. The van der Waals surface area contributed by atoms with Crippen molar-refractivity contribution in [3.8, 4) is 0 Å². The molecule has 122 valence electrons. The average Bonchev–Trinajstić information content (AvgIpc) is 2.89. The van der Waals surface area contributed by atoms with Crippen molar-refractivity contribution in [3.05, 3.63) is 12.2 Å². The number of aliphatic hydroxyl groups excluding tert-OH is 1. The van der Waals surface area contributed by atoms with Gasteiger partial charge in [-0.05, 0) is 32.6 Å². The first-order chi connectivity index (χ1) is 10.2. The second-order valence-corrected chi connectivity index (χ2v) is 6.22. The lowest BCUT2D eigenvalue weighted by molar-refractivity contribution is -0.882. The number of aliphatic hydroxyl groups is 1. The van der Waals surface area contributed by atoms with E-state index in [0.717, 1.165) is 26.1 Å². The molecule has 0 spiro atoms. The molecule has 0 radical (unpaired) electrons. The molecule has 1 aliphatic heterocycles. The summed E-state index contributed by atoms with van der Waals surface area (Å²) in [7, 11) is 0. The van der Waals surface area contributed by atoms with Gasteiger partial charge in [0.2, 0.25) is 5.84 Å². The molecule has 1 heterocycles. The summed E-state index contributed by atoms with van der Waals surface area (Å²) >= 11 is 0. The van der Waals surface area contributed by atoms with Crippen LogP contribution in [0, 0.1) is 0 Å². The van der Waals surface area contributed by atoms with Crippen LogP contribution in [0.15, 0.2) is 17.1 Å². The van der Waals surface area contributed by atoms with Gasteiger partial charge in [0.15, 0.2) is 6.23 Å². The summed E-state index contributed by atoms with van der Waals surface area (Å²) in [6.45, 7) is 9.11. The topological polar surface area (TPSA) is 32.6 Å². The Kier molecular flexibility index (Phi) is 8.86. The van der Waals surface area contributed by atoms with Crippen LogP contribution in [0.4, 0.5) is 0 Å². The molecule has 1 aliphatic rings. The van der Waals surface area contributed by atoms with Crippen molar-refractivity contribution in [2.75, 3.05) is 19.6 Å². The average molecular weight is 295 g/mol. The summed E-state index contributed by atoms with van der Waals surface area (Å²) in [5, 5.41) is 10.1. The van der Waals surface area contributed by atoms with Gasteiger partial charge in [-0.2, -0.15) is 0 Å². The molecule has 21 heavy (non-hydrogen) atoms. The summed E-state index contributed by atoms with van der Waals surface area (Å²) in [5.41, 5.74) is 0. The number of nitrogens with zero attached hydrogens (tertiary/aromatic N) is 2. The molecule has 1 rings (SSSR count). The van der Waals surface area contributed by atoms with Gasteiger partial charge in [0.25, 0.3) is 0 Å². The van der Waals surface area contributed by atoms with Gasteiger partial charge in [0.1, 0.15) is 6.54 Å². The van der Waals surface area contributed by atoms with Crippen LogP contribution in [-0.4, -0.2) is 41.3 Å². The third kappa shape index (κ3) is 5.55. The van der Waals surface area contributed by atoms with Gasteiger partial charge < -0.3 is 5.11 Å². The molecule has 2 atom stereocenters. The van der Waals surface area contributed by atoms with Crippen LogP contribution < -0.4 is 0 Å². The minimum Gasteiger partial charge on any atom is -0.345 e. The van der Waals surface area contributed by atoms with E-state index in [4.69, 9.17) is 0 Å². The zero-order valence-electron chi connectivity index (χ0n) is 14.4. The molecule has 1 N–H and O–H groups in total. The van der Waals surface area contributed by atoms with Gasteiger partial charge in [-0.1, -0.05) is 38.3 Å². The van der Waals surface area contributed by atoms with E-state index >= 15 is 0 Å². The van der Waals surface area contributed by atoms with Crippen LogP contribution in [0.1, 0.15) is 72.1 Å². The van der Waals surface area contributed by atoms with E-state index in [9.17, 15) is 5.11 Å². The predicted octanol–water partition coefficient (Wildman–Crippen LogP) is 4.27. The molecule has 0 aromatic heterocycles. The lowest BCUT2D eigenvalue weighted by Crippen LogP contribution is -2.56. The first-order valence-corrected chi connectivity index (χ1v) is 8.91. The Morgan fingerprint density at radius 1 is 1.14 bits per heavy atom. The minimum atomic E-state index is -0.319. The standard InChI is InChI=1S/C18H35N2O/c1-4-6-7-8-9-10-11-12-13-14-18-19-15-16-20(18,5-2)17(3)21/h7-8,17,21H,4-6,9-16H2,1-3H3/q+1/b8-7+. The first-order valence-electron chi connectivity index (χ1n) is 8.91. The van der Waals surface area contributed by atoms with E-state index in [0.29, 0.717) is 4.48 Å². The molecule has 0 saturated heterocycles. The maximum absolute atomic E-state index is 10.1. The number of aliphatic imine (C=N–C) groups is 1. The quantitative estimate of drug-likeness (QED) is 0.344. The van der Waals surface area contributed by atoms with Crippen molar-refractivity contribution in [2.45, 2.75) is 78.4 Å². The van der Waals surface area contributed by atoms with Crippen LogP contribution in [0.25, 0.3) is 0 Å². The third-order valence-electron chi connectivity index (χ3n) is 4.73. The lowest BCUT2D eigenvalue weighted by Gasteiger charge is -2.36. The summed E-state index contributed by atoms with van der Waals surface area (Å²) in [4.78, 5) is 4.67. The zero-order valence-corrected chi connectivity index (χ0v) is 14.4. The van der Waals surface area contributed by atoms with E-state index in [1.54, 1.807) is 0 Å². The number of quaternary nitrogens is 1. The fourth-order valence-corrected chi connectivity index (χ4v) is 3.24. The maximum atomic E-state index is 10.1. The van der Waals surface area contributed by atoms with E-state index in [-0.39, 0.29) is 6.23 Å². The number of hydrogen-bond acceptors (Lipinski definition) is 2. The van der Waals surface area contributed by atoms with Gasteiger partial charge in [-0.15, -0.1) is 0 Å². The molecule has 0 bridgehead atoms. The zero-order chi connectivity index (χ0) is 15.6. The number of unbranched alkanes of at least 4 members (excludes halogenated alkanes) is 5. The van der Waals surface area contributed by atoms with Crippen molar-refractivity contribution >= 4 is 5.84 Å². The van der Waals surface area contributed by atoms with Crippen molar-refractivity contribution in [2.24, 2.45) is 4.99 Å². The Morgan fingerprint density at radius 2 is 1.86 bits per heavy atom. The smallest absolute Gasteiger partial charge is 0.200 e. The third-order valence-corrected chi connectivity index (χ3v) is 4.73. The molecule has 0 aliphatic carbocycles. The first kappa shape index (κ1) is 18.4. The summed E-state index contributed by atoms with van der Waals surface area (Å²) in [6.07, 6.45) is 14.2. The minimum absolute atomic E-state index is 0.319. The van der Waals surface area contributed by atoms with Crippen LogP contribution in [0.5, 0.6) is 0 Å². The van der Waals surface area contributed by atoms with Crippen LogP contribution in [0.3, 0.4) is 0 Å². The van der Waals surface area contributed by atoms with E-state index < -0.39 is 0 Å². The maximum Gasteiger partial charge on any atom is 0.200 e. The van der Waals surface area contributed by atoms with E-state index in [1.165, 1.54) is 50.8 Å². The number of amidine groups is 1. The van der Waals surface area contributed by atoms with Gasteiger partial charge >= 0.3 is 0 Å². The highest BCUT2D eigenvalue weighted by Crippen LogP contribution is 2.22. The number of likely N-dealkylation sites (N-methyl/N-ethyl adjacent to an activating group) is 1. The van der Waals surface area contributed by atoms with Gasteiger partial charge in [0.05, 0.1) is 13.1 Å². The molecule has 3 nitrogen and oxygen atoms in total. The fraction of sp³-hybridized carbons (Fsp3) is 0.833. The normalized spacial score (nSPS) is 23.7. The molecule has 0 fully saturated rings. The molecular formula is C18H35N2O+. The van der Waals surface area contributed by atoms with Crippen LogP contribution in [0.2, 0.25) is 0 Å². The van der Waals surface area contributed by atoms with Gasteiger partial charge in [0, 0.05) is 13.3 Å². The summed E-state index contributed by atoms with van der Waals surface area (Å²) < 4.78 is 0.708. The second kappa shape index (κ2) is 10.1. The second-order valence-electron chi connectivity index (χ2n) is 6.22.